The molecule has 5 nitrogen and oxygen atoms in total. The van der Waals surface area contributed by atoms with E-state index in [0.717, 1.165) is 0 Å². The Labute approximate surface area is 62.9 Å². The third-order valence-electron chi connectivity index (χ3n) is 1.29. The third kappa shape index (κ3) is 1.91. The second-order valence-electron chi connectivity index (χ2n) is 2.09. The number of carbonyl (C=O) groups is 2. The van der Waals surface area contributed by atoms with Gasteiger partial charge in [-0.05, 0) is 0 Å². The quantitative estimate of drug-likeness (QED) is 0.515. The van der Waals surface area contributed by atoms with Crippen molar-refractivity contribution in [2.75, 3.05) is 13.2 Å². The summed E-state index contributed by atoms with van der Waals surface area (Å²) < 4.78 is 9.02. The summed E-state index contributed by atoms with van der Waals surface area (Å²) in [6, 6.07) is 0. The van der Waals surface area contributed by atoms with Gasteiger partial charge in [-0.1, -0.05) is 0 Å². The minimum atomic E-state index is -0.811. The van der Waals surface area contributed by atoms with Gasteiger partial charge in [-0.25, -0.2) is 9.59 Å². The molecular weight excluding hydrogens is 152 g/mol. The molecule has 11 heavy (non-hydrogen) atoms. The summed E-state index contributed by atoms with van der Waals surface area (Å²) in [5.74, 6) is -1.33. The van der Waals surface area contributed by atoms with Crippen LogP contribution in [0.3, 0.4) is 0 Å². The number of hydrogen-bond acceptors (Lipinski definition) is 5. The molecular formula is C6H8O5. The number of esters is 2. The fourth-order valence-corrected chi connectivity index (χ4v) is 0.780. The number of aliphatic hydroxyl groups excluding tert-OH is 1. The van der Waals surface area contributed by atoms with E-state index in [2.05, 4.69) is 9.47 Å². The summed E-state index contributed by atoms with van der Waals surface area (Å²) in [6.07, 6.45) is -0.431. The maximum Gasteiger partial charge on any atom is 0.347 e. The summed E-state index contributed by atoms with van der Waals surface area (Å²) in [7, 11) is 0. The van der Waals surface area contributed by atoms with Crippen molar-refractivity contribution >= 4 is 11.9 Å². The van der Waals surface area contributed by atoms with Crippen LogP contribution in [-0.2, 0) is 19.1 Å². The highest BCUT2D eigenvalue weighted by atomic mass is 16.6. The average molecular weight is 160 g/mol. The van der Waals surface area contributed by atoms with E-state index in [1.54, 1.807) is 0 Å². The minimum absolute atomic E-state index is 0.280. The van der Waals surface area contributed by atoms with E-state index in [1.165, 1.54) is 0 Å². The molecule has 1 heterocycles. The molecule has 0 radical (unpaired) electrons. The molecule has 1 atom stereocenters. The highest BCUT2D eigenvalue weighted by Gasteiger charge is 2.29. The van der Waals surface area contributed by atoms with Crippen LogP contribution in [0.1, 0.15) is 6.42 Å². The molecule has 1 aliphatic heterocycles. The van der Waals surface area contributed by atoms with Crippen LogP contribution in [0.15, 0.2) is 0 Å². The van der Waals surface area contributed by atoms with Crippen molar-refractivity contribution in [3.05, 3.63) is 0 Å². The van der Waals surface area contributed by atoms with E-state index in [0.29, 0.717) is 6.42 Å². The molecule has 0 saturated carbocycles. The topological polar surface area (TPSA) is 72.8 Å². The van der Waals surface area contributed by atoms with Crippen molar-refractivity contribution in [1.29, 1.82) is 0 Å². The summed E-state index contributed by atoms with van der Waals surface area (Å²) in [5.41, 5.74) is 0. The van der Waals surface area contributed by atoms with Crippen LogP contribution in [0.5, 0.6) is 0 Å². The van der Waals surface area contributed by atoms with Crippen LogP contribution in [0.2, 0.25) is 0 Å². The first-order chi connectivity index (χ1) is 5.24. The van der Waals surface area contributed by atoms with Gasteiger partial charge in [0.25, 0.3) is 0 Å². The van der Waals surface area contributed by atoms with Crippen LogP contribution < -0.4 is 0 Å². The lowest BCUT2D eigenvalue weighted by Gasteiger charge is -2.05. The molecule has 0 spiro atoms. The first-order valence-corrected chi connectivity index (χ1v) is 3.21. The van der Waals surface area contributed by atoms with Crippen molar-refractivity contribution in [2.45, 2.75) is 12.5 Å². The van der Waals surface area contributed by atoms with E-state index in [9.17, 15) is 9.59 Å². The first-order valence-electron chi connectivity index (χ1n) is 3.21. The molecule has 1 fully saturated rings. The number of hydrogen-bond donors (Lipinski definition) is 1. The van der Waals surface area contributed by atoms with Crippen molar-refractivity contribution in [3.63, 3.8) is 0 Å². The zero-order valence-corrected chi connectivity index (χ0v) is 5.78. The number of rotatable bonds is 2. The largest absolute Gasteiger partial charge is 0.463 e. The number of ether oxygens (including phenoxy) is 2. The van der Waals surface area contributed by atoms with Gasteiger partial charge in [0.1, 0.15) is 6.61 Å². The predicted molar refractivity (Wildman–Crippen MR) is 32.5 cm³/mol. The molecule has 0 aromatic heterocycles. The fourth-order valence-electron chi connectivity index (χ4n) is 0.780. The summed E-state index contributed by atoms with van der Waals surface area (Å²) in [4.78, 5) is 21.1. The van der Waals surface area contributed by atoms with Crippen LogP contribution >= 0.6 is 0 Å². The maximum absolute atomic E-state index is 10.6. The molecule has 1 saturated heterocycles. The molecule has 0 aromatic rings. The molecule has 5 heteroatoms. The molecule has 0 bridgehead atoms. The third-order valence-corrected chi connectivity index (χ3v) is 1.29. The van der Waals surface area contributed by atoms with Crippen LogP contribution in [0, 0.1) is 0 Å². The summed E-state index contributed by atoms with van der Waals surface area (Å²) in [5, 5.41) is 8.25. The van der Waals surface area contributed by atoms with E-state index < -0.39 is 24.6 Å². The van der Waals surface area contributed by atoms with Crippen molar-refractivity contribution < 1.29 is 24.2 Å². The van der Waals surface area contributed by atoms with Gasteiger partial charge in [-0.3, -0.25) is 0 Å². The molecule has 0 amide bonds. The maximum atomic E-state index is 10.6. The molecule has 62 valence electrons. The zero-order chi connectivity index (χ0) is 8.27. The second-order valence-corrected chi connectivity index (χ2v) is 2.09. The summed E-state index contributed by atoms with van der Waals surface area (Å²) >= 11 is 0. The Morgan fingerprint density at radius 3 is 3.00 bits per heavy atom. The fraction of sp³-hybridized carbons (Fsp3) is 0.667. The zero-order valence-electron chi connectivity index (χ0n) is 5.78. The van der Waals surface area contributed by atoms with Gasteiger partial charge in [-0.15, -0.1) is 0 Å². The minimum Gasteiger partial charge on any atom is -0.463 e. The number of aliphatic hydroxyl groups is 1. The van der Waals surface area contributed by atoms with E-state index >= 15 is 0 Å². The van der Waals surface area contributed by atoms with Crippen molar-refractivity contribution in [3.8, 4) is 0 Å². The Kier molecular flexibility index (Phi) is 2.43. The Balaban J connectivity index is 2.36. The number of cyclic esters (lactones) is 1. The number of carbonyl (C=O) groups excluding carboxylic acids is 2. The Bertz CT molecular complexity index is 176. The average Bonchev–Trinajstić information content (AvgIpc) is 2.37. The van der Waals surface area contributed by atoms with Gasteiger partial charge in [0, 0.05) is 6.42 Å². The van der Waals surface area contributed by atoms with Crippen LogP contribution in [0.4, 0.5) is 0 Å². The van der Waals surface area contributed by atoms with Crippen molar-refractivity contribution in [1.82, 2.24) is 0 Å². The van der Waals surface area contributed by atoms with E-state index in [4.69, 9.17) is 5.11 Å². The lowest BCUT2D eigenvalue weighted by Crippen LogP contribution is -2.24. The van der Waals surface area contributed by atoms with Gasteiger partial charge in [-0.2, -0.15) is 0 Å². The molecule has 0 aliphatic carbocycles. The SMILES string of the molecule is O=C(CO)OC1CCOC1=O. The Morgan fingerprint density at radius 2 is 2.55 bits per heavy atom. The monoisotopic (exact) mass is 160 g/mol. The highest BCUT2D eigenvalue weighted by Crippen LogP contribution is 2.09. The van der Waals surface area contributed by atoms with Crippen molar-refractivity contribution in [2.24, 2.45) is 0 Å². The van der Waals surface area contributed by atoms with E-state index in [1.807, 2.05) is 0 Å². The van der Waals surface area contributed by atoms with Gasteiger partial charge in [0.15, 0.2) is 0 Å². The molecule has 1 unspecified atom stereocenters. The second kappa shape index (κ2) is 3.34. The standard InChI is InChI=1S/C6H8O5/c7-3-5(8)11-4-1-2-10-6(4)9/h4,7H,1-3H2. The normalized spacial score (nSPS) is 23.0. The highest BCUT2D eigenvalue weighted by molar-refractivity contribution is 5.80. The lowest BCUT2D eigenvalue weighted by molar-refractivity contribution is -0.162. The predicted octanol–water partition coefficient (Wildman–Crippen LogP) is -1.16. The van der Waals surface area contributed by atoms with Gasteiger partial charge in [0.05, 0.1) is 6.61 Å². The molecule has 1 aliphatic rings. The molecule has 1 N–H and O–H groups in total. The van der Waals surface area contributed by atoms with Gasteiger partial charge < -0.3 is 14.6 Å². The van der Waals surface area contributed by atoms with Crippen LogP contribution in [-0.4, -0.2) is 36.4 Å². The Hall–Kier alpha value is -1.10. The first kappa shape index (κ1) is 8.00. The van der Waals surface area contributed by atoms with Gasteiger partial charge in [0.2, 0.25) is 6.10 Å². The van der Waals surface area contributed by atoms with Crippen LogP contribution in [0.25, 0.3) is 0 Å². The van der Waals surface area contributed by atoms with E-state index in [-0.39, 0.29) is 6.61 Å². The molecule has 1 rings (SSSR count). The smallest absolute Gasteiger partial charge is 0.347 e. The molecule has 0 aromatic carbocycles. The summed E-state index contributed by atoms with van der Waals surface area (Å²) in [6.45, 7) is -0.425. The van der Waals surface area contributed by atoms with Gasteiger partial charge >= 0.3 is 11.9 Å². The lowest BCUT2D eigenvalue weighted by atomic mass is 10.3. The Morgan fingerprint density at radius 1 is 1.82 bits per heavy atom.